The van der Waals surface area contributed by atoms with Gasteiger partial charge in [-0.25, -0.2) is 9.48 Å². The summed E-state index contributed by atoms with van der Waals surface area (Å²) in [6.45, 7) is 0.212. The van der Waals surface area contributed by atoms with Crippen molar-refractivity contribution in [3.8, 4) is 16.9 Å². The van der Waals surface area contributed by atoms with Gasteiger partial charge in [-0.15, -0.1) is 0 Å². The van der Waals surface area contributed by atoms with Gasteiger partial charge in [0.05, 0.1) is 23.1 Å². The van der Waals surface area contributed by atoms with E-state index in [-0.39, 0.29) is 24.6 Å². The van der Waals surface area contributed by atoms with E-state index >= 15 is 0 Å². The summed E-state index contributed by atoms with van der Waals surface area (Å²) in [4.78, 5) is 23.3. The quantitative estimate of drug-likeness (QED) is 0.496. The van der Waals surface area contributed by atoms with Crippen molar-refractivity contribution in [1.82, 2.24) is 24.9 Å². The molecule has 2 N–H and O–H groups in total. The van der Waals surface area contributed by atoms with Crippen LogP contribution in [0.15, 0.2) is 79.3 Å². The molecule has 4 aromatic rings. The topological polar surface area (TPSA) is 102 Å². The van der Waals surface area contributed by atoms with Crippen LogP contribution in [0.1, 0.15) is 15.9 Å². The molecule has 2 aromatic carbocycles. The van der Waals surface area contributed by atoms with Gasteiger partial charge in [0.15, 0.2) is 0 Å². The van der Waals surface area contributed by atoms with Gasteiger partial charge in [0.25, 0.3) is 0 Å². The summed E-state index contributed by atoms with van der Waals surface area (Å²) >= 11 is 0. The molecule has 0 radical (unpaired) electrons. The van der Waals surface area contributed by atoms with E-state index in [1.807, 2.05) is 66.9 Å². The number of hydrogen-bond donors (Lipinski definition) is 2. The number of nitrogens with one attached hydrogen (secondary N) is 1. The highest BCUT2D eigenvalue weighted by Crippen LogP contribution is 2.23. The molecule has 0 aliphatic rings. The zero-order valence-electron chi connectivity index (χ0n) is 16.0. The second-order valence-corrected chi connectivity index (χ2v) is 6.66. The van der Waals surface area contributed by atoms with Crippen molar-refractivity contribution in [3.05, 3.63) is 90.4 Å². The first-order valence-corrected chi connectivity index (χ1v) is 9.32. The lowest BCUT2D eigenvalue weighted by Crippen LogP contribution is -2.27. The van der Waals surface area contributed by atoms with E-state index in [1.165, 1.54) is 17.1 Å². The summed E-state index contributed by atoms with van der Waals surface area (Å²) < 4.78 is 3.08. The molecule has 0 bridgehead atoms. The lowest BCUT2D eigenvalue weighted by atomic mass is 10.1. The number of aromatic carboxylic acids is 1. The fourth-order valence-corrected chi connectivity index (χ4v) is 3.05. The van der Waals surface area contributed by atoms with Crippen LogP contribution in [0.3, 0.4) is 0 Å². The van der Waals surface area contributed by atoms with Gasteiger partial charge in [0, 0.05) is 30.1 Å². The number of amides is 1. The summed E-state index contributed by atoms with van der Waals surface area (Å²) in [5.41, 5.74) is 3.56. The third kappa shape index (κ3) is 4.27. The van der Waals surface area contributed by atoms with Crippen LogP contribution in [0, 0.1) is 0 Å². The Labute approximate surface area is 172 Å². The van der Waals surface area contributed by atoms with Crippen molar-refractivity contribution in [2.24, 2.45) is 0 Å². The second kappa shape index (κ2) is 8.44. The largest absolute Gasteiger partial charge is 0.478 e. The highest BCUT2D eigenvalue weighted by atomic mass is 16.4. The Hall–Kier alpha value is -4.20. The first-order chi connectivity index (χ1) is 14.6. The Balaban J connectivity index is 1.53. The number of benzene rings is 2. The fourth-order valence-electron chi connectivity index (χ4n) is 3.05. The maximum absolute atomic E-state index is 12.3. The monoisotopic (exact) mass is 401 g/mol. The van der Waals surface area contributed by atoms with Crippen LogP contribution in [-0.4, -0.2) is 36.5 Å². The molecule has 0 aliphatic carbocycles. The van der Waals surface area contributed by atoms with Crippen LogP contribution in [0.25, 0.3) is 16.9 Å². The number of carboxylic acid groups (broad SMARTS) is 1. The number of carbonyl (C=O) groups excluding carboxylic acids is 1. The van der Waals surface area contributed by atoms with E-state index < -0.39 is 5.97 Å². The molecule has 0 fully saturated rings. The van der Waals surface area contributed by atoms with Crippen molar-refractivity contribution in [1.29, 1.82) is 0 Å². The molecule has 0 saturated carbocycles. The molecule has 2 aromatic heterocycles. The van der Waals surface area contributed by atoms with Crippen LogP contribution in [0.5, 0.6) is 0 Å². The maximum atomic E-state index is 12.3. The summed E-state index contributed by atoms with van der Waals surface area (Å²) in [5.74, 6) is -1.36. The second-order valence-electron chi connectivity index (χ2n) is 6.66. The van der Waals surface area contributed by atoms with Crippen molar-refractivity contribution in [2.75, 3.05) is 0 Å². The van der Waals surface area contributed by atoms with E-state index in [1.54, 1.807) is 4.68 Å². The van der Waals surface area contributed by atoms with Gasteiger partial charge in [-0.3, -0.25) is 9.48 Å². The Kier molecular flexibility index (Phi) is 5.38. The van der Waals surface area contributed by atoms with Crippen LogP contribution in [-0.2, 0) is 17.9 Å². The van der Waals surface area contributed by atoms with E-state index in [4.69, 9.17) is 10.2 Å². The molecule has 1 amide bonds. The van der Waals surface area contributed by atoms with E-state index in [0.29, 0.717) is 0 Å². The smallest absolute Gasteiger partial charge is 0.338 e. The van der Waals surface area contributed by atoms with Crippen LogP contribution in [0.4, 0.5) is 0 Å². The molecule has 0 saturated heterocycles. The van der Waals surface area contributed by atoms with E-state index in [0.717, 1.165) is 22.5 Å². The Morgan fingerprint density at radius 2 is 1.67 bits per heavy atom. The minimum absolute atomic E-state index is 0.0401. The Morgan fingerprint density at radius 3 is 2.33 bits per heavy atom. The van der Waals surface area contributed by atoms with Crippen molar-refractivity contribution >= 4 is 11.9 Å². The zero-order chi connectivity index (χ0) is 20.9. The normalized spacial score (nSPS) is 10.7. The average Bonchev–Trinajstić information content (AvgIpc) is 3.41. The number of carbonyl (C=O) groups is 2. The maximum Gasteiger partial charge on any atom is 0.338 e. The van der Waals surface area contributed by atoms with Crippen LogP contribution in [0.2, 0.25) is 0 Å². The molecule has 0 atom stereocenters. The Morgan fingerprint density at radius 1 is 0.967 bits per heavy atom. The summed E-state index contributed by atoms with van der Waals surface area (Å²) in [5, 5.41) is 20.4. The number of hydrogen-bond acceptors (Lipinski definition) is 4. The lowest BCUT2D eigenvalue weighted by Gasteiger charge is -2.06. The van der Waals surface area contributed by atoms with Crippen LogP contribution < -0.4 is 5.32 Å². The third-order valence-electron chi connectivity index (χ3n) is 4.52. The number of carboxylic acids is 1. The summed E-state index contributed by atoms with van der Waals surface area (Å²) in [6, 6.07) is 19.5. The molecule has 30 heavy (non-hydrogen) atoms. The molecular weight excluding hydrogens is 382 g/mol. The molecule has 2 heterocycles. The van der Waals surface area contributed by atoms with Crippen LogP contribution >= 0.6 is 0 Å². The van der Waals surface area contributed by atoms with Gasteiger partial charge in [-0.05, 0) is 12.1 Å². The minimum atomic E-state index is -1.08. The molecular formula is C22H19N5O3. The SMILES string of the molecule is O=C(Cn1cc(C(=O)O)cn1)NCc1cn(-c2ccccc2)nc1-c1ccccc1. The molecule has 150 valence electrons. The van der Waals surface area contributed by atoms with Gasteiger partial charge < -0.3 is 10.4 Å². The van der Waals surface area contributed by atoms with Gasteiger partial charge in [-0.1, -0.05) is 48.5 Å². The lowest BCUT2D eigenvalue weighted by molar-refractivity contribution is -0.122. The third-order valence-corrected chi connectivity index (χ3v) is 4.52. The highest BCUT2D eigenvalue weighted by molar-refractivity contribution is 5.87. The summed E-state index contributed by atoms with van der Waals surface area (Å²) in [6.07, 6.45) is 4.44. The molecule has 0 spiro atoms. The number of para-hydroxylation sites is 1. The van der Waals surface area contributed by atoms with Gasteiger partial charge in [0.1, 0.15) is 6.54 Å². The highest BCUT2D eigenvalue weighted by Gasteiger charge is 2.14. The Bertz CT molecular complexity index is 1170. The van der Waals surface area contributed by atoms with Gasteiger partial charge in [0.2, 0.25) is 5.91 Å². The predicted octanol–water partition coefficient (Wildman–Crippen LogP) is 2.75. The molecule has 0 aliphatic heterocycles. The number of rotatable bonds is 7. The van der Waals surface area contributed by atoms with E-state index in [2.05, 4.69) is 10.4 Å². The standard InChI is InChI=1S/C22H19N5O3/c28-20(15-26-13-18(12-24-26)22(29)30)23-11-17-14-27(19-9-5-2-6-10-19)25-21(17)16-7-3-1-4-8-16/h1-10,12-14H,11,15H2,(H,23,28)(H,29,30). The average molecular weight is 401 g/mol. The van der Waals surface area contributed by atoms with Crippen molar-refractivity contribution in [3.63, 3.8) is 0 Å². The number of aromatic nitrogens is 4. The zero-order valence-corrected chi connectivity index (χ0v) is 16.0. The first kappa shape index (κ1) is 19.1. The molecule has 8 nitrogen and oxygen atoms in total. The first-order valence-electron chi connectivity index (χ1n) is 9.32. The van der Waals surface area contributed by atoms with Crippen molar-refractivity contribution in [2.45, 2.75) is 13.1 Å². The fraction of sp³-hybridized carbons (Fsp3) is 0.0909. The summed E-state index contributed by atoms with van der Waals surface area (Å²) in [7, 11) is 0. The van der Waals surface area contributed by atoms with Crippen molar-refractivity contribution < 1.29 is 14.7 Å². The molecule has 0 unspecified atom stereocenters. The van der Waals surface area contributed by atoms with Gasteiger partial charge >= 0.3 is 5.97 Å². The molecule has 4 rings (SSSR count). The number of nitrogens with zero attached hydrogens (tertiary/aromatic N) is 4. The van der Waals surface area contributed by atoms with Gasteiger partial charge in [-0.2, -0.15) is 10.2 Å². The molecule has 8 heteroatoms. The predicted molar refractivity (Wildman–Crippen MR) is 110 cm³/mol. The minimum Gasteiger partial charge on any atom is -0.478 e. The van der Waals surface area contributed by atoms with E-state index in [9.17, 15) is 9.59 Å².